The standard InChI is InChI=1S/C16H17N3O3/c1-11-5-4-8-19(16(11)22)10-15(21)18-14-7-3-6-13(9-14)17-12(2)20/h3-9H,10H2,1-2H3,(H,17,20)(H,18,21). The Balaban J connectivity index is 2.07. The Morgan fingerprint density at radius 2 is 1.77 bits per heavy atom. The molecule has 1 heterocycles. The summed E-state index contributed by atoms with van der Waals surface area (Å²) in [5.74, 6) is -0.498. The SMILES string of the molecule is CC(=O)Nc1cccc(NC(=O)Cn2cccc(C)c2=O)c1. The average molecular weight is 299 g/mol. The summed E-state index contributed by atoms with van der Waals surface area (Å²) in [6, 6.07) is 10.2. The molecule has 0 saturated heterocycles. The topological polar surface area (TPSA) is 80.2 Å². The number of anilines is 2. The third kappa shape index (κ3) is 4.05. The molecular weight excluding hydrogens is 282 g/mol. The second-order valence-electron chi connectivity index (χ2n) is 4.93. The molecule has 2 N–H and O–H groups in total. The molecule has 0 fully saturated rings. The minimum absolute atomic E-state index is 0.0646. The van der Waals surface area contributed by atoms with Gasteiger partial charge in [-0.2, -0.15) is 0 Å². The Kier molecular flexibility index (Phi) is 4.73. The lowest BCUT2D eigenvalue weighted by Gasteiger charge is -2.09. The van der Waals surface area contributed by atoms with Crippen molar-refractivity contribution in [3.8, 4) is 0 Å². The van der Waals surface area contributed by atoms with Crippen LogP contribution in [0.4, 0.5) is 11.4 Å². The number of amides is 2. The number of pyridine rings is 1. The highest BCUT2D eigenvalue weighted by Crippen LogP contribution is 2.15. The molecule has 0 radical (unpaired) electrons. The van der Waals surface area contributed by atoms with Gasteiger partial charge in [0.25, 0.3) is 5.56 Å². The quantitative estimate of drug-likeness (QED) is 0.902. The molecule has 2 amide bonds. The summed E-state index contributed by atoms with van der Waals surface area (Å²) in [5.41, 5.74) is 1.54. The smallest absolute Gasteiger partial charge is 0.253 e. The molecule has 0 aliphatic rings. The van der Waals surface area contributed by atoms with Gasteiger partial charge in [-0.3, -0.25) is 14.4 Å². The van der Waals surface area contributed by atoms with Crippen molar-refractivity contribution in [2.24, 2.45) is 0 Å². The normalized spacial score (nSPS) is 10.1. The maximum atomic E-state index is 12.0. The van der Waals surface area contributed by atoms with Crippen LogP contribution in [0.3, 0.4) is 0 Å². The van der Waals surface area contributed by atoms with E-state index < -0.39 is 0 Å². The molecular formula is C16H17N3O3. The summed E-state index contributed by atoms with van der Waals surface area (Å²) in [7, 11) is 0. The molecule has 0 aliphatic carbocycles. The minimum Gasteiger partial charge on any atom is -0.326 e. The fourth-order valence-corrected chi connectivity index (χ4v) is 2.01. The van der Waals surface area contributed by atoms with E-state index in [9.17, 15) is 14.4 Å². The van der Waals surface area contributed by atoms with Crippen LogP contribution in [0.15, 0.2) is 47.4 Å². The van der Waals surface area contributed by atoms with E-state index in [1.165, 1.54) is 11.5 Å². The van der Waals surface area contributed by atoms with E-state index in [0.29, 0.717) is 16.9 Å². The van der Waals surface area contributed by atoms with E-state index in [0.717, 1.165) is 0 Å². The van der Waals surface area contributed by atoms with Crippen molar-refractivity contribution in [3.05, 3.63) is 58.5 Å². The zero-order chi connectivity index (χ0) is 16.1. The average Bonchev–Trinajstić information content (AvgIpc) is 2.43. The number of hydrogen-bond acceptors (Lipinski definition) is 3. The van der Waals surface area contributed by atoms with Crippen LogP contribution < -0.4 is 16.2 Å². The van der Waals surface area contributed by atoms with Gasteiger partial charge in [-0.15, -0.1) is 0 Å². The maximum absolute atomic E-state index is 12.0. The molecule has 114 valence electrons. The van der Waals surface area contributed by atoms with Gasteiger partial charge < -0.3 is 15.2 Å². The number of aromatic nitrogens is 1. The number of carbonyl (C=O) groups excluding carboxylic acids is 2. The lowest BCUT2D eigenvalue weighted by molar-refractivity contribution is -0.117. The molecule has 0 saturated carbocycles. The summed E-state index contributed by atoms with van der Waals surface area (Å²) < 4.78 is 1.35. The van der Waals surface area contributed by atoms with E-state index in [1.807, 2.05) is 0 Å². The van der Waals surface area contributed by atoms with E-state index in [4.69, 9.17) is 0 Å². The van der Waals surface area contributed by atoms with Gasteiger partial charge in [-0.1, -0.05) is 12.1 Å². The zero-order valence-electron chi connectivity index (χ0n) is 12.4. The minimum atomic E-state index is -0.312. The molecule has 6 heteroatoms. The van der Waals surface area contributed by atoms with Crippen LogP contribution in [-0.4, -0.2) is 16.4 Å². The van der Waals surface area contributed by atoms with Gasteiger partial charge in [0.1, 0.15) is 6.54 Å². The number of nitrogens with zero attached hydrogens (tertiary/aromatic N) is 1. The zero-order valence-corrected chi connectivity index (χ0v) is 12.4. The van der Waals surface area contributed by atoms with E-state index in [2.05, 4.69) is 10.6 Å². The number of nitrogens with one attached hydrogen (secondary N) is 2. The van der Waals surface area contributed by atoms with Crippen LogP contribution in [-0.2, 0) is 16.1 Å². The fraction of sp³-hybridized carbons (Fsp3) is 0.188. The Morgan fingerprint density at radius 1 is 1.09 bits per heavy atom. The van der Waals surface area contributed by atoms with Crippen molar-refractivity contribution in [2.45, 2.75) is 20.4 Å². The number of carbonyl (C=O) groups is 2. The molecule has 2 aromatic rings. The van der Waals surface area contributed by atoms with Gasteiger partial charge in [0.05, 0.1) is 0 Å². The number of benzene rings is 1. The first-order valence-corrected chi connectivity index (χ1v) is 6.79. The number of rotatable bonds is 4. The van der Waals surface area contributed by atoms with Gasteiger partial charge in [-0.25, -0.2) is 0 Å². The first-order chi connectivity index (χ1) is 10.5. The van der Waals surface area contributed by atoms with Crippen LogP contribution in [0.2, 0.25) is 0 Å². The van der Waals surface area contributed by atoms with Crippen LogP contribution in [0.5, 0.6) is 0 Å². The van der Waals surface area contributed by atoms with E-state index >= 15 is 0 Å². The predicted octanol–water partition coefficient (Wildman–Crippen LogP) is 1.75. The highest BCUT2D eigenvalue weighted by Gasteiger charge is 2.06. The molecule has 0 spiro atoms. The van der Waals surface area contributed by atoms with Crippen molar-refractivity contribution in [1.29, 1.82) is 0 Å². The summed E-state index contributed by atoms with van der Waals surface area (Å²) in [5, 5.41) is 5.34. The third-order valence-corrected chi connectivity index (χ3v) is 2.99. The van der Waals surface area contributed by atoms with E-state index in [-0.39, 0.29) is 23.9 Å². The highest BCUT2D eigenvalue weighted by molar-refractivity contribution is 5.93. The molecule has 2 rings (SSSR count). The number of aryl methyl sites for hydroxylation is 1. The lowest BCUT2D eigenvalue weighted by atomic mass is 10.2. The predicted molar refractivity (Wildman–Crippen MR) is 84.8 cm³/mol. The molecule has 1 aromatic heterocycles. The second-order valence-corrected chi connectivity index (χ2v) is 4.93. The summed E-state index contributed by atoms with van der Waals surface area (Å²) in [6.07, 6.45) is 1.57. The van der Waals surface area contributed by atoms with Crippen LogP contribution in [0, 0.1) is 6.92 Å². The molecule has 0 atom stereocenters. The van der Waals surface area contributed by atoms with Crippen molar-refractivity contribution in [1.82, 2.24) is 4.57 Å². The van der Waals surface area contributed by atoms with Crippen molar-refractivity contribution >= 4 is 23.2 Å². The van der Waals surface area contributed by atoms with Crippen LogP contribution in [0.1, 0.15) is 12.5 Å². The fourth-order valence-electron chi connectivity index (χ4n) is 2.01. The highest BCUT2D eigenvalue weighted by atomic mass is 16.2. The first-order valence-electron chi connectivity index (χ1n) is 6.79. The number of hydrogen-bond donors (Lipinski definition) is 2. The first kappa shape index (κ1) is 15.5. The van der Waals surface area contributed by atoms with Gasteiger partial charge in [0, 0.05) is 30.1 Å². The monoisotopic (exact) mass is 299 g/mol. The molecule has 0 unspecified atom stereocenters. The third-order valence-electron chi connectivity index (χ3n) is 2.99. The van der Waals surface area contributed by atoms with Gasteiger partial charge in [0.2, 0.25) is 11.8 Å². The molecule has 0 aliphatic heterocycles. The Morgan fingerprint density at radius 3 is 2.45 bits per heavy atom. The summed E-state index contributed by atoms with van der Waals surface area (Å²) in [4.78, 5) is 34.9. The van der Waals surface area contributed by atoms with Gasteiger partial charge in [-0.05, 0) is 31.2 Å². The van der Waals surface area contributed by atoms with Crippen molar-refractivity contribution in [3.63, 3.8) is 0 Å². The summed E-state index contributed by atoms with van der Waals surface area (Å²) in [6.45, 7) is 3.05. The van der Waals surface area contributed by atoms with Crippen molar-refractivity contribution in [2.75, 3.05) is 10.6 Å². The van der Waals surface area contributed by atoms with Gasteiger partial charge in [0.15, 0.2) is 0 Å². The molecule has 22 heavy (non-hydrogen) atoms. The lowest BCUT2D eigenvalue weighted by Crippen LogP contribution is -2.28. The molecule has 0 bridgehead atoms. The van der Waals surface area contributed by atoms with Crippen LogP contribution in [0.25, 0.3) is 0 Å². The van der Waals surface area contributed by atoms with Crippen molar-refractivity contribution < 1.29 is 9.59 Å². The van der Waals surface area contributed by atoms with Crippen LogP contribution >= 0.6 is 0 Å². The second kappa shape index (κ2) is 6.71. The summed E-state index contributed by atoms with van der Waals surface area (Å²) >= 11 is 0. The Labute approximate surface area is 127 Å². The van der Waals surface area contributed by atoms with E-state index in [1.54, 1.807) is 49.5 Å². The maximum Gasteiger partial charge on any atom is 0.253 e. The Hall–Kier alpha value is -2.89. The Bertz CT molecular complexity index is 765. The molecule has 1 aromatic carbocycles. The van der Waals surface area contributed by atoms with Gasteiger partial charge >= 0.3 is 0 Å². The largest absolute Gasteiger partial charge is 0.326 e. The molecule has 6 nitrogen and oxygen atoms in total.